The van der Waals surface area contributed by atoms with Gasteiger partial charge in [-0.2, -0.15) is 0 Å². The van der Waals surface area contributed by atoms with Crippen LogP contribution in [0.15, 0.2) is 36.4 Å². The third-order valence-corrected chi connectivity index (χ3v) is 2.92. The summed E-state index contributed by atoms with van der Waals surface area (Å²) < 4.78 is 5.62. The molecule has 1 aliphatic heterocycles. The van der Waals surface area contributed by atoms with Crippen molar-refractivity contribution in [2.75, 3.05) is 6.61 Å². The van der Waals surface area contributed by atoms with Crippen LogP contribution in [0.2, 0.25) is 0 Å². The maximum absolute atomic E-state index is 5.92. The number of rotatable bonds is 0. The highest BCUT2D eigenvalue weighted by molar-refractivity contribution is 5.88. The summed E-state index contributed by atoms with van der Waals surface area (Å²) in [6.45, 7) is 0.630. The van der Waals surface area contributed by atoms with Crippen molar-refractivity contribution in [3.8, 4) is 5.75 Å². The molecule has 2 nitrogen and oxygen atoms in total. The number of hydrogen-bond acceptors (Lipinski definition) is 2. The molecule has 3 rings (SSSR count). The predicted octanol–water partition coefficient (Wildman–Crippen LogP) is 2.10. The van der Waals surface area contributed by atoms with Gasteiger partial charge in [0.1, 0.15) is 12.4 Å². The molecule has 2 heteroatoms. The fraction of sp³-hybridized carbons (Fsp3) is 0.231. The number of nitrogens with two attached hydrogens (primary N) is 1. The van der Waals surface area contributed by atoms with Gasteiger partial charge in [-0.15, -0.1) is 0 Å². The van der Waals surface area contributed by atoms with Crippen molar-refractivity contribution in [2.45, 2.75) is 12.5 Å². The van der Waals surface area contributed by atoms with Gasteiger partial charge in [-0.1, -0.05) is 30.3 Å². The Morgan fingerprint density at radius 3 is 2.93 bits per heavy atom. The van der Waals surface area contributed by atoms with Crippen LogP contribution in [0, 0.1) is 0 Å². The Balaban J connectivity index is 2.28. The van der Waals surface area contributed by atoms with Gasteiger partial charge in [-0.05, 0) is 23.3 Å². The van der Waals surface area contributed by atoms with E-state index in [1.54, 1.807) is 0 Å². The third-order valence-electron chi connectivity index (χ3n) is 2.92. The smallest absolute Gasteiger partial charge is 0.123 e. The van der Waals surface area contributed by atoms with Gasteiger partial charge < -0.3 is 10.5 Å². The van der Waals surface area contributed by atoms with Crippen molar-refractivity contribution in [2.24, 2.45) is 5.73 Å². The summed E-state index contributed by atoms with van der Waals surface area (Å²) >= 11 is 0. The van der Waals surface area contributed by atoms with Crippen LogP contribution in [0.25, 0.3) is 10.8 Å². The lowest BCUT2D eigenvalue weighted by Gasteiger charge is -2.23. The van der Waals surface area contributed by atoms with E-state index in [0.717, 1.165) is 12.2 Å². The highest BCUT2D eigenvalue weighted by atomic mass is 16.5. The monoisotopic (exact) mass is 199 g/mol. The van der Waals surface area contributed by atoms with E-state index in [1.807, 2.05) is 6.07 Å². The first-order valence-corrected chi connectivity index (χ1v) is 5.23. The number of ether oxygens (including phenoxy) is 1. The fourth-order valence-corrected chi connectivity index (χ4v) is 2.18. The molecule has 2 aromatic carbocycles. The highest BCUT2D eigenvalue weighted by Crippen LogP contribution is 2.31. The van der Waals surface area contributed by atoms with E-state index in [1.165, 1.54) is 16.3 Å². The Kier molecular flexibility index (Phi) is 1.89. The SMILES string of the molecule is NC1COc2ccc3ccccc3c2C1. The van der Waals surface area contributed by atoms with E-state index in [2.05, 4.69) is 30.3 Å². The molecule has 0 spiro atoms. The van der Waals surface area contributed by atoms with E-state index in [0.29, 0.717) is 6.61 Å². The molecule has 1 unspecified atom stereocenters. The summed E-state index contributed by atoms with van der Waals surface area (Å²) in [4.78, 5) is 0. The van der Waals surface area contributed by atoms with Crippen LogP contribution in [-0.2, 0) is 6.42 Å². The number of hydrogen-bond donors (Lipinski definition) is 1. The largest absolute Gasteiger partial charge is 0.492 e. The standard InChI is InChI=1S/C13H13NO/c14-10-7-12-11-4-2-1-3-9(11)5-6-13(12)15-8-10/h1-6,10H,7-8,14H2. The van der Waals surface area contributed by atoms with Gasteiger partial charge in [0, 0.05) is 11.6 Å². The average Bonchev–Trinajstić information content (AvgIpc) is 2.29. The Morgan fingerprint density at radius 1 is 1.13 bits per heavy atom. The van der Waals surface area contributed by atoms with Crippen LogP contribution in [0.1, 0.15) is 5.56 Å². The van der Waals surface area contributed by atoms with E-state index in [9.17, 15) is 0 Å². The lowest BCUT2D eigenvalue weighted by molar-refractivity contribution is 0.264. The zero-order valence-corrected chi connectivity index (χ0v) is 8.44. The van der Waals surface area contributed by atoms with Gasteiger partial charge in [0.25, 0.3) is 0 Å². The Hall–Kier alpha value is -1.54. The molecule has 0 radical (unpaired) electrons. The Morgan fingerprint density at radius 2 is 2.00 bits per heavy atom. The first kappa shape index (κ1) is 8.74. The normalized spacial score (nSPS) is 19.7. The van der Waals surface area contributed by atoms with Gasteiger partial charge in [-0.3, -0.25) is 0 Å². The summed E-state index contributed by atoms with van der Waals surface area (Å²) in [5.41, 5.74) is 7.17. The second-order valence-electron chi connectivity index (χ2n) is 4.04. The molecule has 15 heavy (non-hydrogen) atoms. The molecule has 2 N–H and O–H groups in total. The van der Waals surface area contributed by atoms with Gasteiger partial charge in [0.05, 0.1) is 0 Å². The van der Waals surface area contributed by atoms with Gasteiger partial charge in [0.15, 0.2) is 0 Å². The second kappa shape index (κ2) is 3.24. The minimum atomic E-state index is 0.128. The zero-order valence-electron chi connectivity index (χ0n) is 8.44. The third kappa shape index (κ3) is 1.38. The molecule has 0 bridgehead atoms. The quantitative estimate of drug-likeness (QED) is 0.705. The predicted molar refractivity (Wildman–Crippen MR) is 61.1 cm³/mol. The molecule has 1 atom stereocenters. The van der Waals surface area contributed by atoms with Crippen molar-refractivity contribution in [1.29, 1.82) is 0 Å². The van der Waals surface area contributed by atoms with Crippen LogP contribution in [0.4, 0.5) is 0 Å². The van der Waals surface area contributed by atoms with E-state index in [4.69, 9.17) is 10.5 Å². The molecule has 0 aliphatic carbocycles. The topological polar surface area (TPSA) is 35.2 Å². The lowest BCUT2D eigenvalue weighted by atomic mass is 9.96. The molecule has 0 amide bonds. The molecule has 76 valence electrons. The summed E-state index contributed by atoms with van der Waals surface area (Å²) in [7, 11) is 0. The van der Waals surface area contributed by atoms with E-state index in [-0.39, 0.29) is 6.04 Å². The lowest BCUT2D eigenvalue weighted by Crippen LogP contribution is -2.33. The van der Waals surface area contributed by atoms with Crippen LogP contribution >= 0.6 is 0 Å². The molecule has 0 saturated carbocycles. The van der Waals surface area contributed by atoms with Crippen molar-refractivity contribution >= 4 is 10.8 Å². The number of fused-ring (bicyclic) bond motifs is 3. The zero-order chi connectivity index (χ0) is 10.3. The van der Waals surface area contributed by atoms with E-state index >= 15 is 0 Å². The summed E-state index contributed by atoms with van der Waals surface area (Å²) in [6, 6.07) is 12.6. The minimum Gasteiger partial charge on any atom is -0.492 e. The van der Waals surface area contributed by atoms with Crippen molar-refractivity contribution < 1.29 is 4.74 Å². The summed E-state index contributed by atoms with van der Waals surface area (Å²) in [6.07, 6.45) is 0.913. The van der Waals surface area contributed by atoms with Crippen LogP contribution in [0.5, 0.6) is 5.75 Å². The van der Waals surface area contributed by atoms with Crippen molar-refractivity contribution in [3.05, 3.63) is 42.0 Å². The highest BCUT2D eigenvalue weighted by Gasteiger charge is 2.18. The van der Waals surface area contributed by atoms with E-state index < -0.39 is 0 Å². The molecular weight excluding hydrogens is 186 g/mol. The van der Waals surface area contributed by atoms with Crippen LogP contribution in [0.3, 0.4) is 0 Å². The molecule has 0 saturated heterocycles. The molecule has 1 heterocycles. The maximum Gasteiger partial charge on any atom is 0.123 e. The molecule has 0 fully saturated rings. The molecule has 2 aromatic rings. The van der Waals surface area contributed by atoms with Crippen molar-refractivity contribution in [1.82, 2.24) is 0 Å². The van der Waals surface area contributed by atoms with Gasteiger partial charge in [0.2, 0.25) is 0 Å². The Labute approximate surface area is 88.7 Å². The van der Waals surface area contributed by atoms with Gasteiger partial charge >= 0.3 is 0 Å². The average molecular weight is 199 g/mol. The minimum absolute atomic E-state index is 0.128. The van der Waals surface area contributed by atoms with Crippen LogP contribution < -0.4 is 10.5 Å². The molecule has 1 aliphatic rings. The summed E-state index contributed by atoms with van der Waals surface area (Å²) in [5, 5.41) is 2.53. The number of benzene rings is 2. The molecule has 0 aromatic heterocycles. The maximum atomic E-state index is 5.92. The fourth-order valence-electron chi connectivity index (χ4n) is 2.18. The second-order valence-corrected chi connectivity index (χ2v) is 4.04. The van der Waals surface area contributed by atoms with Gasteiger partial charge in [-0.25, -0.2) is 0 Å². The first-order valence-electron chi connectivity index (χ1n) is 5.23. The van der Waals surface area contributed by atoms with Crippen molar-refractivity contribution in [3.63, 3.8) is 0 Å². The molecular formula is C13H13NO. The summed E-state index contributed by atoms with van der Waals surface area (Å²) in [5.74, 6) is 0.996. The first-order chi connectivity index (χ1) is 7.34. The Bertz CT molecular complexity index is 507. The van der Waals surface area contributed by atoms with Crippen LogP contribution in [-0.4, -0.2) is 12.6 Å².